The van der Waals surface area contributed by atoms with Crippen molar-refractivity contribution < 1.29 is 4.79 Å². The van der Waals surface area contributed by atoms with Gasteiger partial charge in [0.2, 0.25) is 0 Å². The quantitative estimate of drug-likeness (QED) is 0.828. The molecule has 0 saturated heterocycles. The first-order valence-electron chi connectivity index (χ1n) is 6.54. The minimum atomic E-state index is -0.149. The summed E-state index contributed by atoms with van der Waals surface area (Å²) in [6.07, 6.45) is 3.45. The number of carbonyl (C=O) groups is 1. The average molecular weight is 300 g/mol. The molecule has 0 radical (unpaired) electrons. The number of ketones is 1. The minimum absolute atomic E-state index is 0.0385. The number of anilines is 2. The summed E-state index contributed by atoms with van der Waals surface area (Å²) in [7, 11) is 0. The third-order valence-electron chi connectivity index (χ3n) is 2.98. The minimum Gasteiger partial charge on any atom is -0.396 e. The number of nitrogens with zero attached hydrogens (tertiary/aromatic N) is 2. The zero-order chi connectivity index (χ0) is 15.4. The molecule has 21 heavy (non-hydrogen) atoms. The molecular weight excluding hydrogens is 284 g/mol. The Labute approximate surface area is 127 Å². The predicted octanol–water partition coefficient (Wildman–Crippen LogP) is 3.05. The third-order valence-corrected chi connectivity index (χ3v) is 4.16. The van der Waals surface area contributed by atoms with E-state index in [9.17, 15) is 10.1 Å². The van der Waals surface area contributed by atoms with E-state index in [1.54, 1.807) is 12.4 Å². The van der Waals surface area contributed by atoms with Gasteiger partial charge in [0.1, 0.15) is 16.6 Å². The molecule has 0 unspecified atom stereocenters. The Morgan fingerprint density at radius 1 is 1.57 bits per heavy atom. The Kier molecular flexibility index (Phi) is 4.55. The highest BCUT2D eigenvalue weighted by Crippen LogP contribution is 2.36. The maximum absolute atomic E-state index is 12.1. The van der Waals surface area contributed by atoms with Crippen molar-refractivity contribution >= 4 is 27.8 Å². The Morgan fingerprint density at radius 3 is 2.90 bits per heavy atom. The lowest BCUT2D eigenvalue weighted by Crippen LogP contribution is -2.07. The fourth-order valence-electron chi connectivity index (χ4n) is 1.81. The molecule has 2 aromatic heterocycles. The van der Waals surface area contributed by atoms with Crippen LogP contribution < -0.4 is 11.1 Å². The molecule has 0 amide bonds. The smallest absolute Gasteiger partial charge is 0.177 e. The van der Waals surface area contributed by atoms with Gasteiger partial charge in [-0.05, 0) is 11.6 Å². The Hall–Kier alpha value is -2.39. The number of rotatable bonds is 5. The first-order chi connectivity index (χ1) is 10.0. The molecule has 0 aromatic carbocycles. The van der Waals surface area contributed by atoms with Gasteiger partial charge in [-0.15, -0.1) is 11.3 Å². The first kappa shape index (κ1) is 15.0. The second kappa shape index (κ2) is 6.37. The van der Waals surface area contributed by atoms with Crippen LogP contribution in [0.1, 0.15) is 34.6 Å². The van der Waals surface area contributed by atoms with E-state index in [2.05, 4.69) is 16.4 Å². The highest BCUT2D eigenvalue weighted by molar-refractivity contribution is 7.19. The van der Waals surface area contributed by atoms with Gasteiger partial charge in [-0.3, -0.25) is 9.78 Å². The van der Waals surface area contributed by atoms with E-state index < -0.39 is 0 Å². The highest BCUT2D eigenvalue weighted by Gasteiger charge is 2.22. The number of aromatic nitrogens is 1. The summed E-state index contributed by atoms with van der Waals surface area (Å²) in [5.41, 5.74) is 7.54. The maximum Gasteiger partial charge on any atom is 0.177 e. The van der Waals surface area contributed by atoms with E-state index in [0.717, 1.165) is 5.56 Å². The molecule has 0 saturated carbocycles. The zero-order valence-corrected chi connectivity index (χ0v) is 12.7. The first-order valence-corrected chi connectivity index (χ1v) is 7.35. The van der Waals surface area contributed by atoms with Gasteiger partial charge in [-0.1, -0.05) is 19.9 Å². The largest absolute Gasteiger partial charge is 0.396 e. The lowest BCUT2D eigenvalue weighted by Gasteiger charge is -2.03. The molecule has 3 N–H and O–H groups in total. The van der Waals surface area contributed by atoms with Gasteiger partial charge in [0.25, 0.3) is 0 Å². The number of thiophene rings is 1. The molecule has 6 heteroatoms. The lowest BCUT2D eigenvalue weighted by atomic mass is 10.1. The Balaban J connectivity index is 2.26. The van der Waals surface area contributed by atoms with Crippen molar-refractivity contribution in [1.82, 2.24) is 4.98 Å². The topological polar surface area (TPSA) is 91.8 Å². The fourth-order valence-corrected chi connectivity index (χ4v) is 2.96. The third kappa shape index (κ3) is 3.20. The monoisotopic (exact) mass is 300 g/mol. The van der Waals surface area contributed by atoms with Gasteiger partial charge in [0.15, 0.2) is 5.78 Å². The van der Waals surface area contributed by atoms with E-state index in [-0.39, 0.29) is 17.4 Å². The number of pyridine rings is 1. The second-order valence-corrected chi connectivity index (χ2v) is 5.92. The number of hydrogen-bond acceptors (Lipinski definition) is 6. The SMILES string of the molecule is CC(C)C(=O)c1sc(NCc2cccnc2)c(C#N)c1N. The number of hydrogen-bond donors (Lipinski definition) is 2. The van der Waals surface area contributed by atoms with Gasteiger partial charge < -0.3 is 11.1 Å². The fraction of sp³-hybridized carbons (Fsp3) is 0.267. The van der Waals surface area contributed by atoms with Crippen LogP contribution in [0.2, 0.25) is 0 Å². The van der Waals surface area contributed by atoms with E-state index in [4.69, 9.17) is 5.73 Å². The van der Waals surface area contributed by atoms with Crippen LogP contribution in [0, 0.1) is 17.2 Å². The van der Waals surface area contributed by atoms with E-state index in [1.807, 2.05) is 26.0 Å². The van der Waals surface area contributed by atoms with Crippen molar-refractivity contribution in [3.63, 3.8) is 0 Å². The highest BCUT2D eigenvalue weighted by atomic mass is 32.1. The van der Waals surface area contributed by atoms with Crippen molar-refractivity contribution in [1.29, 1.82) is 5.26 Å². The summed E-state index contributed by atoms with van der Waals surface area (Å²) in [5, 5.41) is 13.0. The van der Waals surface area contributed by atoms with Gasteiger partial charge in [-0.2, -0.15) is 5.26 Å². The lowest BCUT2D eigenvalue weighted by molar-refractivity contribution is 0.0944. The molecular formula is C15H16N4OS. The van der Waals surface area contributed by atoms with Crippen LogP contribution in [0.15, 0.2) is 24.5 Å². The van der Waals surface area contributed by atoms with Gasteiger partial charge in [-0.25, -0.2) is 0 Å². The van der Waals surface area contributed by atoms with E-state index in [0.29, 0.717) is 22.0 Å². The van der Waals surface area contributed by atoms with Crippen LogP contribution in [0.25, 0.3) is 0 Å². The van der Waals surface area contributed by atoms with Crippen LogP contribution in [0.4, 0.5) is 10.7 Å². The summed E-state index contributed by atoms with van der Waals surface area (Å²) >= 11 is 1.24. The molecule has 108 valence electrons. The van der Waals surface area contributed by atoms with Crippen LogP contribution in [0.5, 0.6) is 0 Å². The van der Waals surface area contributed by atoms with Gasteiger partial charge in [0, 0.05) is 24.9 Å². The maximum atomic E-state index is 12.1. The second-order valence-electron chi connectivity index (χ2n) is 4.89. The molecule has 0 aliphatic heterocycles. The predicted molar refractivity (Wildman–Crippen MR) is 84.2 cm³/mol. The summed E-state index contributed by atoms with van der Waals surface area (Å²) in [5.74, 6) is -0.188. The molecule has 0 spiro atoms. The molecule has 0 aliphatic carbocycles. The van der Waals surface area contributed by atoms with Crippen molar-refractivity contribution in [3.05, 3.63) is 40.5 Å². The van der Waals surface area contributed by atoms with Crippen LogP contribution >= 0.6 is 11.3 Å². The summed E-state index contributed by atoms with van der Waals surface area (Å²) < 4.78 is 0. The molecule has 2 aromatic rings. The van der Waals surface area contributed by atoms with Crippen molar-refractivity contribution in [3.8, 4) is 6.07 Å². The van der Waals surface area contributed by atoms with Crippen molar-refractivity contribution in [2.75, 3.05) is 11.1 Å². The normalized spacial score (nSPS) is 10.4. The van der Waals surface area contributed by atoms with Crippen molar-refractivity contribution in [2.24, 2.45) is 5.92 Å². The summed E-state index contributed by atoms with van der Waals surface area (Å²) in [4.78, 5) is 16.6. The Bertz CT molecular complexity index is 686. The number of Topliss-reactive ketones (excluding diaryl/α,β-unsaturated/α-hetero) is 1. The van der Waals surface area contributed by atoms with Crippen molar-refractivity contribution in [2.45, 2.75) is 20.4 Å². The van der Waals surface area contributed by atoms with Crippen LogP contribution in [0.3, 0.4) is 0 Å². The Morgan fingerprint density at radius 2 is 2.33 bits per heavy atom. The van der Waals surface area contributed by atoms with E-state index in [1.165, 1.54) is 11.3 Å². The summed E-state index contributed by atoms with van der Waals surface area (Å²) in [6.45, 7) is 4.16. The molecule has 2 heterocycles. The molecule has 0 atom stereocenters. The van der Waals surface area contributed by atoms with Gasteiger partial charge >= 0.3 is 0 Å². The number of carbonyl (C=O) groups excluding carboxylic acids is 1. The standard InChI is InChI=1S/C15H16N4OS/c1-9(2)13(20)14-12(17)11(6-16)15(21-14)19-8-10-4-3-5-18-7-10/h3-5,7,9,19H,8,17H2,1-2H3. The molecule has 0 aliphatic rings. The summed E-state index contributed by atoms with van der Waals surface area (Å²) in [6, 6.07) is 5.85. The molecule has 2 rings (SSSR count). The number of nitrogens with two attached hydrogens (primary N) is 1. The number of nitrogen functional groups attached to an aromatic ring is 1. The van der Waals surface area contributed by atoms with Crippen LogP contribution in [-0.2, 0) is 6.54 Å². The zero-order valence-electron chi connectivity index (χ0n) is 11.9. The number of nitrogens with one attached hydrogen (secondary N) is 1. The molecule has 5 nitrogen and oxygen atoms in total. The van der Waals surface area contributed by atoms with E-state index >= 15 is 0 Å². The molecule has 0 fully saturated rings. The van der Waals surface area contributed by atoms with Gasteiger partial charge in [0.05, 0.1) is 10.6 Å². The molecule has 0 bridgehead atoms. The van der Waals surface area contributed by atoms with Crippen LogP contribution in [-0.4, -0.2) is 10.8 Å². The average Bonchev–Trinajstić information content (AvgIpc) is 2.81. The number of nitriles is 1.